The van der Waals surface area contributed by atoms with Crippen LogP contribution in [0.15, 0.2) is 30.9 Å². The Morgan fingerprint density at radius 2 is 1.90 bits per heavy atom. The lowest BCUT2D eigenvalue weighted by Gasteiger charge is -2.34. The number of ketones is 1. The van der Waals surface area contributed by atoms with Crippen molar-refractivity contribution in [1.82, 2.24) is 4.98 Å². The number of allylic oxidation sites excluding steroid dienone is 1. The first kappa shape index (κ1) is 32.7. The van der Waals surface area contributed by atoms with Gasteiger partial charge in [-0.1, -0.05) is 45.8 Å². The van der Waals surface area contributed by atoms with Crippen LogP contribution in [-0.2, 0) is 14.3 Å². The molecule has 0 bridgehead atoms. The van der Waals surface area contributed by atoms with Crippen LogP contribution in [0.4, 0.5) is 0 Å². The second-order valence-corrected chi connectivity index (χ2v) is 13.0. The number of fused-ring (bicyclic) bond motifs is 1. The van der Waals surface area contributed by atoms with Gasteiger partial charge in [0.15, 0.2) is 0 Å². The Morgan fingerprint density at radius 1 is 1.21 bits per heavy atom. The normalized spacial score (nSPS) is 29.2. The summed E-state index contributed by atoms with van der Waals surface area (Å²) < 4.78 is 6.98. The quantitative estimate of drug-likeness (QED) is 0.248. The van der Waals surface area contributed by atoms with Gasteiger partial charge in [0, 0.05) is 5.92 Å². The summed E-state index contributed by atoms with van der Waals surface area (Å²) in [6, 6.07) is 5.86. The first-order valence-electron chi connectivity index (χ1n) is 13.8. The number of rotatable bonds is 3. The Kier molecular flexibility index (Phi) is 11.9. The molecule has 0 radical (unpaired) electrons. The van der Waals surface area contributed by atoms with Crippen molar-refractivity contribution < 1.29 is 24.5 Å². The zero-order valence-electron chi connectivity index (χ0n) is 24.1. The highest BCUT2D eigenvalue weighted by atomic mass is 32.1. The van der Waals surface area contributed by atoms with Gasteiger partial charge >= 0.3 is 5.97 Å². The molecule has 5 atom stereocenters. The van der Waals surface area contributed by atoms with Gasteiger partial charge in [-0.25, -0.2) is 4.98 Å². The first-order chi connectivity index (χ1) is 18.3. The average molecular weight is 556 g/mol. The van der Waals surface area contributed by atoms with Gasteiger partial charge in [-0.3, -0.25) is 9.59 Å². The number of nitrogens with zero attached hydrogens (tertiary/aromatic N) is 1. The SMILES string of the molecule is C#C.C=CC[C@@H]1C[C@@H](C)CCC[C@@](C)(O)CC[C@@H](c2ccc3sc(C)nc3c2)OC(=O)C[C@H](O)C(C)(C)C1=O. The summed E-state index contributed by atoms with van der Waals surface area (Å²) in [6.07, 6.45) is 12.2. The molecule has 3 rings (SSSR count). The van der Waals surface area contributed by atoms with E-state index in [9.17, 15) is 19.8 Å². The van der Waals surface area contributed by atoms with Gasteiger partial charge in [0.2, 0.25) is 0 Å². The van der Waals surface area contributed by atoms with E-state index in [0.717, 1.165) is 33.6 Å². The molecular weight excluding hydrogens is 510 g/mol. The number of aliphatic hydroxyl groups is 2. The van der Waals surface area contributed by atoms with Gasteiger partial charge in [0.05, 0.1) is 38.8 Å². The van der Waals surface area contributed by atoms with Gasteiger partial charge < -0.3 is 14.9 Å². The number of ether oxygens (including phenoxy) is 1. The summed E-state index contributed by atoms with van der Waals surface area (Å²) in [5, 5.41) is 23.1. The zero-order valence-corrected chi connectivity index (χ0v) is 24.9. The summed E-state index contributed by atoms with van der Waals surface area (Å²) in [4.78, 5) is 31.2. The highest BCUT2D eigenvalue weighted by Gasteiger charge is 2.41. The standard InChI is InChI=1S/C30H43NO5S.C2H2/c1-7-9-22-16-19(2)10-8-14-30(6,35)15-13-24(21-11-12-25-23(17-21)31-20(3)37-25)36-27(33)18-26(32)29(4,5)28(22)34;1-2/h7,11-12,17,19,22,24,26,32,35H,1,8-10,13-16,18H2,2-6H3;1-2H/t19-,22+,24-,26-,30+;/m0./s1. The Labute approximate surface area is 237 Å². The van der Waals surface area contributed by atoms with Crippen molar-refractivity contribution in [3.8, 4) is 12.8 Å². The van der Waals surface area contributed by atoms with Crippen molar-refractivity contribution in [2.75, 3.05) is 0 Å². The van der Waals surface area contributed by atoms with Crippen LogP contribution in [-0.4, -0.2) is 38.7 Å². The molecule has 0 unspecified atom stereocenters. The number of benzene rings is 1. The van der Waals surface area contributed by atoms with Crippen LogP contribution in [0.2, 0.25) is 0 Å². The molecule has 1 saturated heterocycles. The van der Waals surface area contributed by atoms with E-state index in [1.54, 1.807) is 31.3 Å². The fourth-order valence-electron chi connectivity index (χ4n) is 5.38. The molecule has 0 saturated carbocycles. The Morgan fingerprint density at radius 3 is 2.56 bits per heavy atom. The maximum Gasteiger partial charge on any atom is 0.309 e. The fraction of sp³-hybridized carbons (Fsp3) is 0.594. The molecule has 39 heavy (non-hydrogen) atoms. The summed E-state index contributed by atoms with van der Waals surface area (Å²) in [5.74, 6) is -0.605. The minimum Gasteiger partial charge on any atom is -0.457 e. The van der Waals surface area contributed by atoms with Crippen LogP contribution < -0.4 is 0 Å². The molecule has 0 amide bonds. The van der Waals surface area contributed by atoms with Crippen LogP contribution >= 0.6 is 11.3 Å². The van der Waals surface area contributed by atoms with Gasteiger partial charge in [-0.05, 0) is 69.6 Å². The molecule has 1 aliphatic heterocycles. The van der Waals surface area contributed by atoms with Crippen LogP contribution in [0, 0.1) is 37.0 Å². The molecule has 0 aliphatic carbocycles. The molecule has 2 aromatic rings. The van der Waals surface area contributed by atoms with Gasteiger partial charge in [-0.2, -0.15) is 0 Å². The van der Waals surface area contributed by atoms with E-state index in [-0.39, 0.29) is 24.0 Å². The molecule has 1 aromatic heterocycles. The molecule has 1 aliphatic rings. The molecule has 0 spiro atoms. The van der Waals surface area contributed by atoms with E-state index >= 15 is 0 Å². The minimum atomic E-state index is -1.17. The third kappa shape index (κ3) is 8.99. The summed E-state index contributed by atoms with van der Waals surface area (Å²) in [7, 11) is 0. The van der Waals surface area contributed by atoms with Gasteiger partial charge in [0.25, 0.3) is 0 Å². The molecule has 1 aromatic carbocycles. The van der Waals surface area contributed by atoms with Crippen molar-refractivity contribution in [3.05, 3.63) is 41.4 Å². The Hall–Kier alpha value is -2.53. The summed E-state index contributed by atoms with van der Waals surface area (Å²) >= 11 is 1.61. The topological polar surface area (TPSA) is 96.7 Å². The van der Waals surface area contributed by atoms with Crippen molar-refractivity contribution in [3.63, 3.8) is 0 Å². The van der Waals surface area contributed by atoms with Crippen LogP contribution in [0.1, 0.15) is 95.7 Å². The lowest BCUT2D eigenvalue weighted by atomic mass is 9.72. The molecule has 1 fully saturated rings. The van der Waals surface area contributed by atoms with Crippen LogP contribution in [0.5, 0.6) is 0 Å². The van der Waals surface area contributed by atoms with Gasteiger partial charge in [-0.15, -0.1) is 30.8 Å². The van der Waals surface area contributed by atoms with Crippen LogP contribution in [0.25, 0.3) is 10.2 Å². The first-order valence-corrected chi connectivity index (χ1v) is 14.6. The molecule has 7 heteroatoms. The molecule has 2 heterocycles. The smallest absolute Gasteiger partial charge is 0.309 e. The number of hydrogen-bond acceptors (Lipinski definition) is 7. The number of cyclic esters (lactones) is 1. The number of carbonyl (C=O) groups is 2. The number of thiazole rings is 1. The molecular formula is C32H45NO5S. The van der Waals surface area contributed by atoms with E-state index < -0.39 is 29.2 Å². The second-order valence-electron chi connectivity index (χ2n) is 11.7. The lowest BCUT2D eigenvalue weighted by Crippen LogP contribution is -2.42. The average Bonchev–Trinajstić information content (AvgIpc) is 3.25. The highest BCUT2D eigenvalue weighted by molar-refractivity contribution is 7.18. The van der Waals surface area contributed by atoms with E-state index in [1.165, 1.54) is 0 Å². The van der Waals surface area contributed by atoms with E-state index in [1.807, 2.05) is 32.0 Å². The number of terminal acetylenes is 1. The maximum absolute atomic E-state index is 13.5. The zero-order chi connectivity index (χ0) is 29.4. The molecule has 2 N–H and O–H groups in total. The van der Waals surface area contributed by atoms with Crippen molar-refractivity contribution >= 4 is 33.3 Å². The third-order valence-electron chi connectivity index (χ3n) is 7.86. The Bertz CT molecular complexity index is 1150. The maximum atomic E-state index is 13.5. The van der Waals surface area contributed by atoms with Gasteiger partial charge in [0.1, 0.15) is 11.9 Å². The summed E-state index contributed by atoms with van der Waals surface area (Å²) in [6.45, 7) is 13.2. The van der Waals surface area contributed by atoms with E-state index in [4.69, 9.17) is 4.74 Å². The highest BCUT2D eigenvalue weighted by Crippen LogP contribution is 2.36. The predicted molar refractivity (Wildman–Crippen MR) is 158 cm³/mol. The number of hydrogen-bond donors (Lipinski definition) is 2. The number of esters is 1. The minimum absolute atomic E-state index is 0.0560. The van der Waals surface area contributed by atoms with Crippen LogP contribution in [0.3, 0.4) is 0 Å². The Balaban J connectivity index is 0.00000260. The van der Waals surface area contributed by atoms with Crippen molar-refractivity contribution in [2.45, 2.75) is 104 Å². The number of aliphatic hydroxyl groups excluding tert-OH is 1. The number of aromatic nitrogens is 1. The number of carbonyl (C=O) groups excluding carboxylic acids is 2. The van der Waals surface area contributed by atoms with Crippen molar-refractivity contribution in [2.24, 2.45) is 17.3 Å². The van der Waals surface area contributed by atoms with E-state index in [0.29, 0.717) is 32.1 Å². The lowest BCUT2D eigenvalue weighted by molar-refractivity contribution is -0.156. The van der Waals surface area contributed by atoms with E-state index in [2.05, 4.69) is 31.3 Å². The number of Topliss-reactive ketones (excluding diaryl/α,β-unsaturated/α-hetero) is 1. The monoisotopic (exact) mass is 555 g/mol. The second kappa shape index (κ2) is 14.2. The van der Waals surface area contributed by atoms with Crippen molar-refractivity contribution in [1.29, 1.82) is 0 Å². The molecule has 6 nitrogen and oxygen atoms in total. The third-order valence-corrected chi connectivity index (χ3v) is 8.81. The predicted octanol–water partition coefficient (Wildman–Crippen LogP) is 6.72. The molecule has 214 valence electrons. The summed E-state index contributed by atoms with van der Waals surface area (Å²) in [5.41, 5.74) is -0.336. The fourth-order valence-corrected chi connectivity index (χ4v) is 6.18. The largest absolute Gasteiger partial charge is 0.457 e. The number of aryl methyl sites for hydroxylation is 1.